The Morgan fingerprint density at radius 3 is 2.61 bits per heavy atom. The van der Waals surface area contributed by atoms with Crippen LogP contribution in [0.25, 0.3) is 0 Å². The van der Waals surface area contributed by atoms with Gasteiger partial charge in [-0.05, 0) is 49.2 Å². The molecule has 2 heterocycles. The Bertz CT molecular complexity index is 929. The second-order valence-corrected chi connectivity index (χ2v) is 7.52. The van der Waals surface area contributed by atoms with Crippen LogP contribution in [0.2, 0.25) is 5.02 Å². The highest BCUT2D eigenvalue weighted by molar-refractivity contribution is 6.30. The number of fused-ring (bicyclic) bond motifs is 1. The van der Waals surface area contributed by atoms with Gasteiger partial charge in [-0.15, -0.1) is 0 Å². The number of carbonyl (C=O) groups is 3. The van der Waals surface area contributed by atoms with Gasteiger partial charge in [0.05, 0.1) is 17.3 Å². The minimum absolute atomic E-state index is 0.00250. The van der Waals surface area contributed by atoms with E-state index < -0.39 is 0 Å². The molecular formula is C21H20ClN3O3. The Balaban J connectivity index is 1.52. The maximum atomic E-state index is 13.2. The van der Waals surface area contributed by atoms with Crippen molar-refractivity contribution in [2.45, 2.75) is 12.8 Å². The maximum absolute atomic E-state index is 13.2. The molecule has 4 rings (SSSR count). The van der Waals surface area contributed by atoms with Gasteiger partial charge < -0.3 is 15.1 Å². The molecule has 0 saturated carbocycles. The molecule has 6 nitrogen and oxygen atoms in total. The number of benzene rings is 2. The van der Waals surface area contributed by atoms with Gasteiger partial charge in [0.1, 0.15) is 6.54 Å². The summed E-state index contributed by atoms with van der Waals surface area (Å²) >= 11 is 5.90. The molecule has 2 aliphatic rings. The minimum Gasteiger partial charge on any atom is -0.338 e. The van der Waals surface area contributed by atoms with Crippen molar-refractivity contribution in [1.29, 1.82) is 0 Å². The summed E-state index contributed by atoms with van der Waals surface area (Å²) in [4.78, 5) is 41.3. The van der Waals surface area contributed by atoms with E-state index in [2.05, 4.69) is 5.32 Å². The van der Waals surface area contributed by atoms with Crippen LogP contribution < -0.4 is 10.2 Å². The van der Waals surface area contributed by atoms with Crippen molar-refractivity contribution in [1.82, 2.24) is 4.90 Å². The van der Waals surface area contributed by atoms with Crippen LogP contribution in [0.1, 0.15) is 23.2 Å². The molecule has 0 aromatic heterocycles. The lowest BCUT2D eigenvalue weighted by atomic mass is 9.95. The number of nitrogens with one attached hydrogen (secondary N) is 1. The third-order valence-electron chi connectivity index (χ3n) is 5.19. The zero-order valence-electron chi connectivity index (χ0n) is 15.2. The van der Waals surface area contributed by atoms with Crippen LogP contribution in [-0.2, 0) is 9.59 Å². The molecule has 0 bridgehead atoms. The number of para-hydroxylation sites is 2. The normalized spacial score (nSPS) is 19.0. The number of hydrogen-bond donors (Lipinski definition) is 1. The van der Waals surface area contributed by atoms with Gasteiger partial charge in [-0.3, -0.25) is 14.4 Å². The van der Waals surface area contributed by atoms with E-state index >= 15 is 0 Å². The van der Waals surface area contributed by atoms with Crippen molar-refractivity contribution in [3.05, 3.63) is 59.1 Å². The Kier molecular flexibility index (Phi) is 5.05. The van der Waals surface area contributed by atoms with Gasteiger partial charge in [0.15, 0.2) is 0 Å². The molecule has 7 heteroatoms. The highest BCUT2D eigenvalue weighted by Gasteiger charge is 2.35. The van der Waals surface area contributed by atoms with Crippen molar-refractivity contribution >= 4 is 40.7 Å². The number of nitrogens with zero attached hydrogens (tertiary/aromatic N) is 2. The summed E-state index contributed by atoms with van der Waals surface area (Å²) in [5.41, 5.74) is 1.89. The average Bonchev–Trinajstić information content (AvgIpc) is 2.72. The monoisotopic (exact) mass is 397 g/mol. The van der Waals surface area contributed by atoms with E-state index in [0.29, 0.717) is 41.5 Å². The van der Waals surface area contributed by atoms with E-state index in [4.69, 9.17) is 11.6 Å². The summed E-state index contributed by atoms with van der Waals surface area (Å²) in [6.07, 6.45) is 1.45. The number of amides is 3. The highest BCUT2D eigenvalue weighted by Crippen LogP contribution is 2.31. The minimum atomic E-state index is -0.330. The van der Waals surface area contributed by atoms with Crippen LogP contribution in [0.5, 0.6) is 0 Å². The lowest BCUT2D eigenvalue weighted by molar-refractivity contribution is -0.125. The zero-order chi connectivity index (χ0) is 19.7. The van der Waals surface area contributed by atoms with E-state index in [1.54, 1.807) is 35.2 Å². The van der Waals surface area contributed by atoms with Crippen LogP contribution in [0.3, 0.4) is 0 Å². The van der Waals surface area contributed by atoms with E-state index in [1.165, 1.54) is 4.90 Å². The fourth-order valence-electron chi connectivity index (χ4n) is 3.79. The standard InChI is InChI=1S/C21H20ClN3O3/c22-16-9-7-14(8-10-16)20(27)24-11-3-4-15(12-24)21(28)25-13-19(26)23-17-5-1-2-6-18(17)25/h1-2,5-10,15H,3-4,11-13H2,(H,23,26)/t15-/m1/s1. The largest absolute Gasteiger partial charge is 0.338 e. The summed E-state index contributed by atoms with van der Waals surface area (Å²) in [6.45, 7) is 0.959. The van der Waals surface area contributed by atoms with Crippen LogP contribution >= 0.6 is 11.6 Å². The lowest BCUT2D eigenvalue weighted by Crippen LogP contribution is -2.50. The quantitative estimate of drug-likeness (QED) is 0.846. The van der Waals surface area contributed by atoms with Gasteiger partial charge in [0.2, 0.25) is 11.8 Å². The van der Waals surface area contributed by atoms with Crippen LogP contribution in [0, 0.1) is 5.92 Å². The van der Waals surface area contributed by atoms with Crippen molar-refractivity contribution in [2.75, 3.05) is 29.9 Å². The summed E-state index contributed by atoms with van der Waals surface area (Å²) in [6, 6.07) is 14.0. The van der Waals surface area contributed by atoms with Crippen molar-refractivity contribution < 1.29 is 14.4 Å². The number of anilines is 2. The summed E-state index contributed by atoms with van der Waals surface area (Å²) in [5.74, 6) is -0.761. The Labute approximate surface area is 168 Å². The molecule has 0 radical (unpaired) electrons. The fraction of sp³-hybridized carbons (Fsp3) is 0.286. The Hall–Kier alpha value is -2.86. The molecule has 0 aliphatic carbocycles. The smallest absolute Gasteiger partial charge is 0.253 e. The molecule has 28 heavy (non-hydrogen) atoms. The molecule has 144 valence electrons. The number of rotatable bonds is 2. The van der Waals surface area contributed by atoms with E-state index in [9.17, 15) is 14.4 Å². The van der Waals surface area contributed by atoms with Gasteiger partial charge >= 0.3 is 0 Å². The first-order valence-corrected chi connectivity index (χ1v) is 9.66. The van der Waals surface area contributed by atoms with Crippen molar-refractivity contribution in [3.8, 4) is 0 Å². The van der Waals surface area contributed by atoms with Gasteiger partial charge in [0, 0.05) is 23.7 Å². The van der Waals surface area contributed by atoms with Crippen LogP contribution in [0.15, 0.2) is 48.5 Å². The number of piperidine rings is 1. The number of halogens is 1. The second kappa shape index (κ2) is 7.64. The van der Waals surface area contributed by atoms with Gasteiger partial charge in [-0.1, -0.05) is 23.7 Å². The fourth-order valence-corrected chi connectivity index (χ4v) is 3.91. The van der Waals surface area contributed by atoms with Gasteiger partial charge in [-0.25, -0.2) is 0 Å². The Morgan fingerprint density at radius 2 is 1.82 bits per heavy atom. The third-order valence-corrected chi connectivity index (χ3v) is 5.44. The van der Waals surface area contributed by atoms with Crippen LogP contribution in [0.4, 0.5) is 11.4 Å². The molecular weight excluding hydrogens is 378 g/mol. The molecule has 2 aliphatic heterocycles. The summed E-state index contributed by atoms with van der Waals surface area (Å²) in [5, 5.41) is 3.37. The predicted octanol–water partition coefficient (Wildman–Crippen LogP) is 3.18. The number of hydrogen-bond acceptors (Lipinski definition) is 3. The molecule has 2 aromatic carbocycles. The number of carbonyl (C=O) groups excluding carboxylic acids is 3. The first-order chi connectivity index (χ1) is 13.5. The van der Waals surface area contributed by atoms with Gasteiger partial charge in [-0.2, -0.15) is 0 Å². The molecule has 1 fully saturated rings. The molecule has 0 spiro atoms. The molecule has 2 aromatic rings. The molecule has 3 amide bonds. The second-order valence-electron chi connectivity index (χ2n) is 7.09. The topological polar surface area (TPSA) is 69.7 Å². The van der Waals surface area contributed by atoms with E-state index in [0.717, 1.165) is 6.42 Å². The Morgan fingerprint density at radius 1 is 1.07 bits per heavy atom. The average molecular weight is 398 g/mol. The first kappa shape index (κ1) is 18.5. The van der Waals surface area contributed by atoms with Gasteiger partial charge in [0.25, 0.3) is 5.91 Å². The first-order valence-electron chi connectivity index (χ1n) is 9.28. The third kappa shape index (κ3) is 3.60. The SMILES string of the molecule is O=C1CN(C(=O)[C@@H]2CCCN(C(=O)c3ccc(Cl)cc3)C2)c2ccccc2N1. The molecule has 0 unspecified atom stereocenters. The van der Waals surface area contributed by atoms with Crippen LogP contribution in [-0.4, -0.2) is 42.3 Å². The highest BCUT2D eigenvalue weighted by atomic mass is 35.5. The molecule has 1 saturated heterocycles. The van der Waals surface area contributed by atoms with Crippen molar-refractivity contribution in [3.63, 3.8) is 0 Å². The summed E-state index contributed by atoms with van der Waals surface area (Å²) < 4.78 is 0. The molecule has 1 atom stereocenters. The number of likely N-dealkylation sites (tertiary alicyclic amines) is 1. The lowest BCUT2D eigenvalue weighted by Gasteiger charge is -2.36. The van der Waals surface area contributed by atoms with Crippen molar-refractivity contribution in [2.24, 2.45) is 5.92 Å². The molecule has 1 N–H and O–H groups in total. The maximum Gasteiger partial charge on any atom is 0.253 e. The zero-order valence-corrected chi connectivity index (χ0v) is 16.0. The van der Waals surface area contributed by atoms with E-state index in [1.807, 2.05) is 18.2 Å². The van der Waals surface area contributed by atoms with E-state index in [-0.39, 0.29) is 30.2 Å². The summed E-state index contributed by atoms with van der Waals surface area (Å²) in [7, 11) is 0. The predicted molar refractivity (Wildman–Crippen MR) is 108 cm³/mol.